The van der Waals surface area contributed by atoms with Crippen molar-refractivity contribution in [2.24, 2.45) is 5.92 Å². The summed E-state index contributed by atoms with van der Waals surface area (Å²) in [6.07, 6.45) is 4.69. The average Bonchev–Trinajstić information content (AvgIpc) is 3.12. The summed E-state index contributed by atoms with van der Waals surface area (Å²) in [5.74, 6) is 0.988. The molecule has 1 amide bonds. The average molecular weight is 391 g/mol. The third-order valence-corrected chi connectivity index (χ3v) is 5.84. The lowest BCUT2D eigenvalue weighted by Crippen LogP contribution is -2.45. The number of amides is 1. The zero-order valence-electron chi connectivity index (χ0n) is 15.6. The molecule has 0 radical (unpaired) electrons. The molecule has 0 aliphatic carbocycles. The van der Waals surface area contributed by atoms with Gasteiger partial charge in [-0.3, -0.25) is 9.69 Å². The summed E-state index contributed by atoms with van der Waals surface area (Å²) < 4.78 is 28.6. The lowest BCUT2D eigenvalue weighted by atomic mass is 10.00. The van der Waals surface area contributed by atoms with E-state index in [4.69, 9.17) is 4.42 Å². The maximum absolute atomic E-state index is 13.1. The standard InChI is InChI=1S/C20H26N2O4S/c1-27(24,25)16-17-7-5-11-21(13-17)15-20(23)22(14-19-10-6-12-26-19)18-8-3-2-4-9-18/h2-4,6,8-10,12,17H,5,7,11,13-16H2,1H3. The molecule has 0 N–H and O–H groups in total. The van der Waals surface area contributed by atoms with Gasteiger partial charge in [-0.2, -0.15) is 0 Å². The highest BCUT2D eigenvalue weighted by Crippen LogP contribution is 2.21. The Bertz CT molecular complexity index is 834. The number of furan rings is 1. The summed E-state index contributed by atoms with van der Waals surface area (Å²) in [5.41, 5.74) is 0.823. The first-order chi connectivity index (χ1) is 12.9. The van der Waals surface area contributed by atoms with Crippen LogP contribution in [0.1, 0.15) is 18.6 Å². The third kappa shape index (κ3) is 5.94. The van der Waals surface area contributed by atoms with Crippen molar-refractivity contribution in [2.45, 2.75) is 19.4 Å². The molecule has 6 nitrogen and oxygen atoms in total. The highest BCUT2D eigenvalue weighted by atomic mass is 32.2. The zero-order valence-corrected chi connectivity index (χ0v) is 16.4. The Labute approximate surface area is 160 Å². The van der Waals surface area contributed by atoms with E-state index in [1.807, 2.05) is 42.5 Å². The minimum absolute atomic E-state index is 0.0161. The molecule has 1 unspecified atom stereocenters. The second-order valence-corrected chi connectivity index (χ2v) is 9.42. The Hall–Kier alpha value is -2.12. The molecule has 146 valence electrons. The van der Waals surface area contributed by atoms with Gasteiger partial charge in [0.05, 0.1) is 25.1 Å². The van der Waals surface area contributed by atoms with E-state index in [2.05, 4.69) is 4.90 Å². The maximum atomic E-state index is 13.1. The molecule has 27 heavy (non-hydrogen) atoms. The highest BCUT2D eigenvalue weighted by Gasteiger charge is 2.26. The van der Waals surface area contributed by atoms with Gasteiger partial charge in [0.1, 0.15) is 15.6 Å². The Balaban J connectivity index is 1.68. The lowest BCUT2D eigenvalue weighted by molar-refractivity contribution is -0.120. The fraction of sp³-hybridized carbons (Fsp3) is 0.450. The van der Waals surface area contributed by atoms with E-state index in [0.717, 1.165) is 30.8 Å². The van der Waals surface area contributed by atoms with Crippen molar-refractivity contribution in [1.29, 1.82) is 0 Å². The molecule has 0 saturated carbocycles. The molecule has 0 spiro atoms. The highest BCUT2D eigenvalue weighted by molar-refractivity contribution is 7.90. The number of hydrogen-bond donors (Lipinski definition) is 0. The molecule has 1 fully saturated rings. The fourth-order valence-electron chi connectivity index (χ4n) is 3.63. The van der Waals surface area contributed by atoms with Gasteiger partial charge in [0, 0.05) is 18.5 Å². The van der Waals surface area contributed by atoms with Gasteiger partial charge < -0.3 is 9.32 Å². The summed E-state index contributed by atoms with van der Waals surface area (Å²) in [4.78, 5) is 16.8. The van der Waals surface area contributed by atoms with Crippen molar-refractivity contribution in [1.82, 2.24) is 4.90 Å². The number of likely N-dealkylation sites (tertiary alicyclic amines) is 1. The number of sulfone groups is 1. The Kier molecular flexibility index (Phi) is 6.34. The second kappa shape index (κ2) is 8.71. The summed E-state index contributed by atoms with van der Waals surface area (Å²) in [6, 6.07) is 13.2. The number of rotatable bonds is 7. The van der Waals surface area contributed by atoms with Gasteiger partial charge in [-0.1, -0.05) is 18.2 Å². The molecule has 1 saturated heterocycles. The normalized spacial score (nSPS) is 18.3. The molecule has 1 atom stereocenters. The first-order valence-corrected chi connectivity index (χ1v) is 11.2. The molecule has 1 aromatic heterocycles. The third-order valence-electron chi connectivity index (χ3n) is 4.76. The summed E-state index contributed by atoms with van der Waals surface area (Å²) >= 11 is 0. The van der Waals surface area contributed by atoms with Gasteiger partial charge in [0.15, 0.2) is 0 Å². The Morgan fingerprint density at radius 1 is 1.22 bits per heavy atom. The minimum Gasteiger partial charge on any atom is -0.467 e. The van der Waals surface area contributed by atoms with Crippen LogP contribution in [-0.4, -0.2) is 50.9 Å². The number of carbonyl (C=O) groups is 1. The molecule has 0 bridgehead atoms. The van der Waals surface area contributed by atoms with E-state index < -0.39 is 9.84 Å². The number of hydrogen-bond acceptors (Lipinski definition) is 5. The molecule has 1 aromatic carbocycles. The van der Waals surface area contributed by atoms with Gasteiger partial charge in [0.2, 0.25) is 5.91 Å². The van der Waals surface area contributed by atoms with Crippen LogP contribution >= 0.6 is 0 Å². The lowest BCUT2D eigenvalue weighted by Gasteiger charge is -2.33. The van der Waals surface area contributed by atoms with Crippen LogP contribution < -0.4 is 4.90 Å². The summed E-state index contributed by atoms with van der Waals surface area (Å²) in [6.45, 7) is 2.10. The van der Waals surface area contributed by atoms with E-state index >= 15 is 0 Å². The summed E-state index contributed by atoms with van der Waals surface area (Å²) in [7, 11) is -3.00. The topological polar surface area (TPSA) is 70.8 Å². The first kappa shape index (κ1) is 19.6. The molecular weight excluding hydrogens is 364 g/mol. The molecule has 1 aliphatic rings. The van der Waals surface area contributed by atoms with Crippen LogP contribution in [0.2, 0.25) is 0 Å². The number of piperidine rings is 1. The maximum Gasteiger partial charge on any atom is 0.241 e. The number of benzene rings is 1. The first-order valence-electron chi connectivity index (χ1n) is 9.18. The van der Waals surface area contributed by atoms with Crippen LogP contribution in [0.5, 0.6) is 0 Å². The van der Waals surface area contributed by atoms with Crippen LogP contribution in [0, 0.1) is 5.92 Å². The summed E-state index contributed by atoms with van der Waals surface area (Å²) in [5, 5.41) is 0. The van der Waals surface area contributed by atoms with Crippen molar-refractivity contribution in [3.8, 4) is 0 Å². The minimum atomic E-state index is -3.00. The van der Waals surface area contributed by atoms with Gasteiger partial charge in [0.25, 0.3) is 0 Å². The predicted molar refractivity (Wildman–Crippen MR) is 105 cm³/mol. The number of carbonyl (C=O) groups excluding carboxylic acids is 1. The number of anilines is 1. The smallest absolute Gasteiger partial charge is 0.241 e. The van der Waals surface area contributed by atoms with Crippen molar-refractivity contribution in [3.63, 3.8) is 0 Å². The Morgan fingerprint density at radius 2 is 2.00 bits per heavy atom. The van der Waals surface area contributed by atoms with Gasteiger partial charge in [-0.05, 0) is 49.6 Å². The molecule has 3 rings (SSSR count). The van der Waals surface area contributed by atoms with Crippen molar-refractivity contribution in [3.05, 3.63) is 54.5 Å². The monoisotopic (exact) mass is 390 g/mol. The van der Waals surface area contributed by atoms with Crippen molar-refractivity contribution in [2.75, 3.05) is 36.5 Å². The number of nitrogens with zero attached hydrogens (tertiary/aromatic N) is 2. The van der Waals surface area contributed by atoms with Gasteiger partial charge >= 0.3 is 0 Å². The van der Waals surface area contributed by atoms with E-state index in [1.54, 1.807) is 11.2 Å². The second-order valence-electron chi connectivity index (χ2n) is 7.23. The quantitative estimate of drug-likeness (QED) is 0.727. The van der Waals surface area contributed by atoms with Crippen LogP contribution in [0.25, 0.3) is 0 Å². The molecular formula is C20H26N2O4S. The molecule has 2 heterocycles. The fourth-order valence-corrected chi connectivity index (χ4v) is 4.75. The van der Waals surface area contributed by atoms with Crippen molar-refractivity contribution >= 4 is 21.4 Å². The Morgan fingerprint density at radius 3 is 2.67 bits per heavy atom. The van der Waals surface area contributed by atoms with Crippen LogP contribution in [-0.2, 0) is 21.2 Å². The van der Waals surface area contributed by atoms with Gasteiger partial charge in [-0.25, -0.2) is 8.42 Å². The van der Waals surface area contributed by atoms with Crippen LogP contribution in [0.15, 0.2) is 53.1 Å². The van der Waals surface area contributed by atoms with Crippen LogP contribution in [0.4, 0.5) is 5.69 Å². The SMILES string of the molecule is CS(=O)(=O)CC1CCCN(CC(=O)N(Cc2ccco2)c2ccccc2)C1. The van der Waals surface area contributed by atoms with E-state index in [-0.39, 0.29) is 24.1 Å². The van der Waals surface area contributed by atoms with E-state index in [0.29, 0.717) is 13.1 Å². The van der Waals surface area contributed by atoms with Gasteiger partial charge in [-0.15, -0.1) is 0 Å². The van der Waals surface area contributed by atoms with E-state index in [9.17, 15) is 13.2 Å². The molecule has 7 heteroatoms. The molecule has 1 aliphatic heterocycles. The van der Waals surface area contributed by atoms with E-state index in [1.165, 1.54) is 6.26 Å². The van der Waals surface area contributed by atoms with Crippen LogP contribution in [0.3, 0.4) is 0 Å². The zero-order chi connectivity index (χ0) is 19.3. The predicted octanol–water partition coefficient (Wildman–Crippen LogP) is 2.57. The van der Waals surface area contributed by atoms with Crippen molar-refractivity contribution < 1.29 is 17.6 Å². The molecule has 2 aromatic rings. The largest absolute Gasteiger partial charge is 0.467 e. The number of para-hydroxylation sites is 1.